The average Bonchev–Trinajstić information content (AvgIpc) is 3.52. The molecule has 2 amide bonds. The Morgan fingerprint density at radius 3 is 2.84 bits per heavy atom. The molecular formula is C22H22N4O6. The minimum absolute atomic E-state index is 0.0780. The van der Waals surface area contributed by atoms with E-state index in [-0.39, 0.29) is 25.3 Å². The fourth-order valence-corrected chi connectivity index (χ4v) is 4.30. The Hall–Kier alpha value is -3.66. The van der Waals surface area contributed by atoms with Crippen LogP contribution in [0.4, 0.5) is 15.3 Å². The number of rotatable bonds is 5. The van der Waals surface area contributed by atoms with Crippen LogP contribution in [-0.2, 0) is 20.7 Å². The molecule has 1 saturated heterocycles. The van der Waals surface area contributed by atoms with Gasteiger partial charge in [-0.25, -0.2) is 9.59 Å². The second kappa shape index (κ2) is 8.12. The number of cyclic esters (lactones) is 1. The normalized spacial score (nSPS) is 23.2. The van der Waals surface area contributed by atoms with Crippen LogP contribution >= 0.6 is 0 Å². The first kappa shape index (κ1) is 20.3. The minimum Gasteiger partial charge on any atom is -0.453 e. The maximum Gasteiger partial charge on any atom is 0.415 e. The topological polar surface area (TPSA) is 123 Å². The molecule has 1 unspecified atom stereocenters. The number of alkyl carbamates (subject to hydrolysis) is 1. The second-order valence-electron chi connectivity index (χ2n) is 7.86. The number of aliphatic hydroxyl groups is 1. The van der Waals surface area contributed by atoms with Crippen LogP contribution in [0, 0.1) is 0 Å². The zero-order valence-electron chi connectivity index (χ0n) is 17.4. The van der Waals surface area contributed by atoms with Gasteiger partial charge < -0.3 is 24.7 Å². The molecule has 10 nitrogen and oxygen atoms in total. The standard InChI is InChI=1S/C22H22N4O6/c1-30-21(28)24-10-20-19-7-14-6-12(3-5-18(14)26(19)22(29)31-20)13-2-4-16(23-9-13)17-8-15(11-27)32-25-17/h2-6,9,15,19-20,27H,7-8,10-11H2,1H3,(H,24,28)/t15?,19-,20-/m0/s1. The van der Waals surface area contributed by atoms with E-state index < -0.39 is 18.3 Å². The summed E-state index contributed by atoms with van der Waals surface area (Å²) in [6.45, 7) is 0.113. The Bertz CT molecular complexity index is 1090. The third-order valence-electron chi connectivity index (χ3n) is 5.94. The van der Waals surface area contributed by atoms with Crippen molar-refractivity contribution in [3.05, 3.63) is 47.8 Å². The van der Waals surface area contributed by atoms with Crippen LogP contribution < -0.4 is 10.2 Å². The molecule has 3 aliphatic heterocycles. The molecule has 1 fully saturated rings. The number of nitrogens with one attached hydrogen (secondary N) is 1. The van der Waals surface area contributed by atoms with Crippen molar-refractivity contribution in [1.82, 2.24) is 10.3 Å². The maximum absolute atomic E-state index is 12.4. The molecule has 5 rings (SSSR count). The van der Waals surface area contributed by atoms with E-state index in [4.69, 9.17) is 9.57 Å². The summed E-state index contributed by atoms with van der Waals surface area (Å²) < 4.78 is 10.0. The average molecular weight is 438 g/mol. The van der Waals surface area contributed by atoms with Gasteiger partial charge in [0.2, 0.25) is 0 Å². The van der Waals surface area contributed by atoms with Gasteiger partial charge in [-0.3, -0.25) is 9.88 Å². The number of hydrogen-bond acceptors (Lipinski definition) is 8. The predicted molar refractivity (Wildman–Crippen MR) is 113 cm³/mol. The number of aromatic nitrogens is 1. The van der Waals surface area contributed by atoms with Gasteiger partial charge in [0.15, 0.2) is 6.10 Å². The number of aliphatic hydroxyl groups excluding tert-OH is 1. The van der Waals surface area contributed by atoms with Crippen LogP contribution in [0.15, 0.2) is 41.7 Å². The van der Waals surface area contributed by atoms with E-state index in [0.29, 0.717) is 12.8 Å². The highest BCUT2D eigenvalue weighted by atomic mass is 16.6. The molecule has 2 aromatic rings. The van der Waals surface area contributed by atoms with E-state index in [9.17, 15) is 14.7 Å². The molecular weight excluding hydrogens is 416 g/mol. The van der Waals surface area contributed by atoms with Gasteiger partial charge in [-0.2, -0.15) is 0 Å². The lowest BCUT2D eigenvalue weighted by Crippen LogP contribution is -2.40. The zero-order chi connectivity index (χ0) is 22.2. The third kappa shape index (κ3) is 3.52. The van der Waals surface area contributed by atoms with Crippen LogP contribution in [-0.4, -0.2) is 66.5 Å². The van der Waals surface area contributed by atoms with Gasteiger partial charge in [0.05, 0.1) is 37.7 Å². The lowest BCUT2D eigenvalue weighted by atomic mass is 10.00. The van der Waals surface area contributed by atoms with Crippen molar-refractivity contribution in [3.8, 4) is 11.1 Å². The van der Waals surface area contributed by atoms with Crippen molar-refractivity contribution >= 4 is 23.6 Å². The largest absolute Gasteiger partial charge is 0.453 e. The molecule has 1 aromatic carbocycles. The number of carbonyl (C=O) groups excluding carboxylic acids is 2. The van der Waals surface area contributed by atoms with Crippen LogP contribution in [0.1, 0.15) is 17.7 Å². The number of benzene rings is 1. The molecule has 0 aliphatic carbocycles. The second-order valence-corrected chi connectivity index (χ2v) is 7.86. The number of oxime groups is 1. The first-order chi connectivity index (χ1) is 15.6. The molecule has 32 heavy (non-hydrogen) atoms. The fraction of sp³-hybridized carbons (Fsp3) is 0.364. The molecule has 2 N–H and O–H groups in total. The number of anilines is 1. The van der Waals surface area contributed by atoms with E-state index >= 15 is 0 Å². The number of pyridine rings is 1. The fourth-order valence-electron chi connectivity index (χ4n) is 4.30. The predicted octanol–water partition coefficient (Wildman–Crippen LogP) is 1.84. The zero-order valence-corrected chi connectivity index (χ0v) is 17.4. The minimum atomic E-state index is -0.560. The summed E-state index contributed by atoms with van der Waals surface area (Å²) >= 11 is 0. The van der Waals surface area contributed by atoms with Crippen LogP contribution in [0.2, 0.25) is 0 Å². The molecule has 0 saturated carbocycles. The number of carbonyl (C=O) groups is 2. The molecule has 4 heterocycles. The molecule has 1 aromatic heterocycles. The first-order valence-corrected chi connectivity index (χ1v) is 10.3. The summed E-state index contributed by atoms with van der Waals surface area (Å²) in [6.07, 6.45) is 1.21. The van der Waals surface area contributed by atoms with Crippen LogP contribution in [0.5, 0.6) is 0 Å². The third-order valence-corrected chi connectivity index (χ3v) is 5.94. The summed E-state index contributed by atoms with van der Waals surface area (Å²) in [4.78, 5) is 35.1. The Morgan fingerprint density at radius 1 is 1.28 bits per heavy atom. The molecule has 10 heteroatoms. The van der Waals surface area contributed by atoms with E-state index in [1.165, 1.54) is 7.11 Å². The lowest BCUT2D eigenvalue weighted by Gasteiger charge is -2.16. The summed E-state index contributed by atoms with van der Waals surface area (Å²) in [7, 11) is 1.29. The van der Waals surface area contributed by atoms with Crippen LogP contribution in [0.25, 0.3) is 11.1 Å². The maximum atomic E-state index is 12.4. The van der Waals surface area contributed by atoms with Gasteiger partial charge in [-0.15, -0.1) is 0 Å². The highest BCUT2D eigenvalue weighted by Gasteiger charge is 2.47. The monoisotopic (exact) mass is 438 g/mol. The Morgan fingerprint density at radius 2 is 2.12 bits per heavy atom. The number of hydrogen-bond donors (Lipinski definition) is 2. The Labute approximate surface area is 183 Å². The van der Waals surface area contributed by atoms with E-state index in [2.05, 4.69) is 26.3 Å². The van der Waals surface area contributed by atoms with Gasteiger partial charge in [0.1, 0.15) is 11.8 Å². The van der Waals surface area contributed by atoms with E-state index in [1.54, 1.807) is 11.1 Å². The summed E-state index contributed by atoms with van der Waals surface area (Å²) in [5, 5.41) is 15.8. The quantitative estimate of drug-likeness (QED) is 0.730. The molecule has 3 atom stereocenters. The van der Waals surface area contributed by atoms with E-state index in [1.807, 2.05) is 24.3 Å². The van der Waals surface area contributed by atoms with Crippen molar-refractivity contribution < 1.29 is 29.0 Å². The number of nitrogens with zero attached hydrogens (tertiary/aromatic N) is 3. The number of methoxy groups -OCH3 is 1. The van der Waals surface area contributed by atoms with E-state index in [0.717, 1.165) is 33.8 Å². The van der Waals surface area contributed by atoms with Gasteiger partial charge in [-0.1, -0.05) is 17.3 Å². The first-order valence-electron chi connectivity index (χ1n) is 10.3. The highest BCUT2D eigenvalue weighted by molar-refractivity contribution is 6.00. The molecule has 0 bridgehead atoms. The summed E-state index contributed by atoms with van der Waals surface area (Å²) in [6, 6.07) is 9.59. The summed E-state index contributed by atoms with van der Waals surface area (Å²) in [5.41, 5.74) is 5.22. The number of amides is 2. The van der Waals surface area contributed by atoms with Gasteiger partial charge in [0, 0.05) is 18.2 Å². The summed E-state index contributed by atoms with van der Waals surface area (Å²) in [5.74, 6) is 0. The highest BCUT2D eigenvalue weighted by Crippen LogP contribution is 2.40. The van der Waals surface area contributed by atoms with Gasteiger partial charge in [-0.05, 0) is 35.7 Å². The van der Waals surface area contributed by atoms with Crippen molar-refractivity contribution in [2.45, 2.75) is 31.1 Å². The SMILES string of the molecule is COC(=O)NC[C@@H]1OC(=O)N2c3ccc(-c4ccc(C5=NOC(CO)C5)nc4)cc3C[C@@H]12. The van der Waals surface area contributed by atoms with Crippen molar-refractivity contribution in [2.75, 3.05) is 25.2 Å². The van der Waals surface area contributed by atoms with Crippen molar-refractivity contribution in [2.24, 2.45) is 5.16 Å². The number of fused-ring (bicyclic) bond motifs is 3. The van der Waals surface area contributed by atoms with Crippen molar-refractivity contribution in [3.63, 3.8) is 0 Å². The van der Waals surface area contributed by atoms with Gasteiger partial charge in [0.25, 0.3) is 0 Å². The number of ether oxygens (including phenoxy) is 2. The molecule has 166 valence electrons. The smallest absolute Gasteiger partial charge is 0.415 e. The molecule has 3 aliphatic rings. The lowest BCUT2D eigenvalue weighted by molar-refractivity contribution is 0.0390. The Balaban J connectivity index is 1.32. The van der Waals surface area contributed by atoms with Crippen LogP contribution in [0.3, 0.4) is 0 Å². The molecule has 0 radical (unpaired) electrons. The van der Waals surface area contributed by atoms with Gasteiger partial charge >= 0.3 is 12.2 Å². The molecule has 0 spiro atoms. The van der Waals surface area contributed by atoms with Crippen molar-refractivity contribution in [1.29, 1.82) is 0 Å². The Kier molecular flexibility index (Phi) is 5.14.